The summed E-state index contributed by atoms with van der Waals surface area (Å²) in [6, 6.07) is 7.24. The largest absolute Gasteiger partial charge is 0.371 e. The molecule has 1 N–H and O–H groups in total. The summed E-state index contributed by atoms with van der Waals surface area (Å²) in [7, 11) is 0. The third kappa shape index (κ3) is 3.77. The molecule has 5 heteroatoms. The molecular weight excluding hydrogens is 298 g/mol. The molecule has 1 aromatic carbocycles. The Kier molecular flexibility index (Phi) is 5.39. The monoisotopic (exact) mass is 317 g/mol. The number of carbonyl (C=O) groups excluding carboxylic acids is 1. The van der Waals surface area contributed by atoms with Crippen molar-refractivity contribution in [3.8, 4) is 0 Å². The maximum Gasteiger partial charge on any atom is 0.257 e. The van der Waals surface area contributed by atoms with Crippen molar-refractivity contribution < 1.29 is 4.79 Å². The van der Waals surface area contributed by atoms with Crippen molar-refractivity contribution in [1.82, 2.24) is 4.98 Å². The van der Waals surface area contributed by atoms with Gasteiger partial charge in [-0.25, -0.2) is 0 Å². The molecule has 0 aliphatic carbocycles. The van der Waals surface area contributed by atoms with Gasteiger partial charge in [-0.1, -0.05) is 11.6 Å². The second-order valence-electron chi connectivity index (χ2n) is 5.02. The molecule has 0 aliphatic heterocycles. The Balaban J connectivity index is 2.21. The predicted molar refractivity (Wildman–Crippen MR) is 91.9 cm³/mol. The highest BCUT2D eigenvalue weighted by molar-refractivity contribution is 6.30. The molecule has 0 aliphatic rings. The van der Waals surface area contributed by atoms with E-state index in [0.717, 1.165) is 30.0 Å². The molecule has 0 spiro atoms. The van der Waals surface area contributed by atoms with Crippen LogP contribution in [0.15, 0.2) is 36.7 Å². The highest BCUT2D eigenvalue weighted by atomic mass is 35.5. The Morgan fingerprint density at radius 1 is 1.23 bits per heavy atom. The number of carbonyl (C=O) groups is 1. The van der Waals surface area contributed by atoms with Crippen molar-refractivity contribution in [2.24, 2.45) is 0 Å². The van der Waals surface area contributed by atoms with Crippen LogP contribution >= 0.6 is 11.6 Å². The molecule has 0 saturated carbocycles. The van der Waals surface area contributed by atoms with E-state index in [0.29, 0.717) is 10.6 Å². The van der Waals surface area contributed by atoms with Crippen LogP contribution < -0.4 is 10.2 Å². The van der Waals surface area contributed by atoms with Crippen LogP contribution in [0, 0.1) is 6.92 Å². The molecular formula is C17H20ClN3O. The lowest BCUT2D eigenvalue weighted by Crippen LogP contribution is -2.22. The molecule has 0 bridgehead atoms. The first-order valence-corrected chi connectivity index (χ1v) is 7.70. The summed E-state index contributed by atoms with van der Waals surface area (Å²) in [5.74, 6) is -0.174. The average Bonchev–Trinajstić information content (AvgIpc) is 2.51. The summed E-state index contributed by atoms with van der Waals surface area (Å²) in [6.45, 7) is 7.81. The standard InChI is InChI=1S/C17H20ClN3O/c1-4-21(5-2)15-9-13(10-19-11-15)17(22)20-16-7-6-14(18)8-12(16)3/h6-11H,4-5H2,1-3H3,(H,20,22). The Labute approximate surface area is 136 Å². The minimum absolute atomic E-state index is 0.174. The Morgan fingerprint density at radius 3 is 2.59 bits per heavy atom. The lowest BCUT2D eigenvalue weighted by Gasteiger charge is -2.20. The van der Waals surface area contributed by atoms with Gasteiger partial charge in [-0.05, 0) is 50.6 Å². The van der Waals surface area contributed by atoms with E-state index in [4.69, 9.17) is 11.6 Å². The van der Waals surface area contributed by atoms with E-state index in [1.807, 2.05) is 19.1 Å². The van der Waals surface area contributed by atoms with Gasteiger partial charge in [0.15, 0.2) is 0 Å². The maximum absolute atomic E-state index is 12.4. The van der Waals surface area contributed by atoms with E-state index in [9.17, 15) is 4.79 Å². The molecule has 1 heterocycles. The summed E-state index contributed by atoms with van der Waals surface area (Å²) in [5, 5.41) is 3.55. The highest BCUT2D eigenvalue weighted by Gasteiger charge is 2.11. The Bertz CT molecular complexity index is 669. The number of pyridine rings is 1. The fourth-order valence-corrected chi connectivity index (χ4v) is 2.50. The summed E-state index contributed by atoms with van der Waals surface area (Å²) >= 11 is 5.93. The van der Waals surface area contributed by atoms with Crippen LogP contribution in [0.1, 0.15) is 29.8 Å². The van der Waals surface area contributed by atoms with Crippen LogP contribution in [0.3, 0.4) is 0 Å². The third-order valence-corrected chi connectivity index (χ3v) is 3.79. The molecule has 0 saturated heterocycles. The van der Waals surface area contributed by atoms with Crippen LogP contribution in [-0.4, -0.2) is 24.0 Å². The van der Waals surface area contributed by atoms with Gasteiger partial charge in [0, 0.05) is 30.0 Å². The minimum atomic E-state index is -0.174. The molecule has 22 heavy (non-hydrogen) atoms. The number of benzene rings is 1. The number of aryl methyl sites for hydroxylation is 1. The first-order chi connectivity index (χ1) is 10.5. The summed E-state index contributed by atoms with van der Waals surface area (Å²) in [6.07, 6.45) is 3.35. The zero-order chi connectivity index (χ0) is 16.1. The average molecular weight is 318 g/mol. The number of aromatic nitrogens is 1. The minimum Gasteiger partial charge on any atom is -0.371 e. The number of anilines is 2. The van der Waals surface area contributed by atoms with Crippen molar-refractivity contribution in [2.45, 2.75) is 20.8 Å². The van der Waals surface area contributed by atoms with Gasteiger partial charge in [-0.2, -0.15) is 0 Å². The fourth-order valence-electron chi connectivity index (χ4n) is 2.28. The molecule has 0 fully saturated rings. The zero-order valence-electron chi connectivity index (χ0n) is 13.1. The number of nitrogens with zero attached hydrogens (tertiary/aromatic N) is 2. The number of amides is 1. The Hall–Kier alpha value is -2.07. The first kappa shape index (κ1) is 16.3. The van der Waals surface area contributed by atoms with Gasteiger partial charge < -0.3 is 10.2 Å². The molecule has 116 valence electrons. The van der Waals surface area contributed by atoms with Gasteiger partial charge >= 0.3 is 0 Å². The second kappa shape index (κ2) is 7.27. The van der Waals surface area contributed by atoms with Gasteiger partial charge in [0.25, 0.3) is 5.91 Å². The molecule has 0 unspecified atom stereocenters. The highest BCUT2D eigenvalue weighted by Crippen LogP contribution is 2.21. The van der Waals surface area contributed by atoms with Crippen LogP contribution in [0.4, 0.5) is 11.4 Å². The molecule has 2 rings (SSSR count). The molecule has 1 aromatic heterocycles. The number of hydrogen-bond donors (Lipinski definition) is 1. The summed E-state index contributed by atoms with van der Waals surface area (Å²) < 4.78 is 0. The lowest BCUT2D eigenvalue weighted by molar-refractivity contribution is 0.102. The van der Waals surface area contributed by atoms with Crippen molar-refractivity contribution in [2.75, 3.05) is 23.3 Å². The molecule has 2 aromatic rings. The molecule has 0 atom stereocenters. The molecule has 0 radical (unpaired) electrons. The smallest absolute Gasteiger partial charge is 0.257 e. The number of hydrogen-bond acceptors (Lipinski definition) is 3. The predicted octanol–water partition coefficient (Wildman–Crippen LogP) is 4.14. The van der Waals surface area contributed by atoms with Crippen LogP contribution in [-0.2, 0) is 0 Å². The Morgan fingerprint density at radius 2 is 1.95 bits per heavy atom. The van der Waals surface area contributed by atoms with Crippen molar-refractivity contribution in [1.29, 1.82) is 0 Å². The van der Waals surface area contributed by atoms with Crippen molar-refractivity contribution in [3.05, 3.63) is 52.8 Å². The van der Waals surface area contributed by atoms with Gasteiger partial charge in [-0.15, -0.1) is 0 Å². The van der Waals surface area contributed by atoms with E-state index in [-0.39, 0.29) is 5.91 Å². The quantitative estimate of drug-likeness (QED) is 0.901. The van der Waals surface area contributed by atoms with Gasteiger partial charge in [0.1, 0.15) is 0 Å². The van der Waals surface area contributed by atoms with E-state index < -0.39 is 0 Å². The molecule has 4 nitrogen and oxygen atoms in total. The van der Waals surface area contributed by atoms with E-state index in [2.05, 4.69) is 29.0 Å². The maximum atomic E-state index is 12.4. The normalized spacial score (nSPS) is 10.4. The molecule has 1 amide bonds. The number of halogens is 1. The van der Waals surface area contributed by atoms with Gasteiger partial charge in [-0.3, -0.25) is 9.78 Å². The van der Waals surface area contributed by atoms with Gasteiger partial charge in [0.05, 0.1) is 17.4 Å². The SMILES string of the molecule is CCN(CC)c1cncc(C(=O)Nc2ccc(Cl)cc2C)c1. The van der Waals surface area contributed by atoms with Gasteiger partial charge in [0.2, 0.25) is 0 Å². The van der Waals surface area contributed by atoms with Crippen LogP contribution in [0.2, 0.25) is 5.02 Å². The van der Waals surface area contributed by atoms with Crippen LogP contribution in [0.25, 0.3) is 0 Å². The van der Waals surface area contributed by atoms with E-state index in [1.165, 1.54) is 0 Å². The van der Waals surface area contributed by atoms with Crippen molar-refractivity contribution in [3.63, 3.8) is 0 Å². The second-order valence-corrected chi connectivity index (χ2v) is 5.45. The van der Waals surface area contributed by atoms with Crippen molar-refractivity contribution >= 4 is 28.9 Å². The zero-order valence-corrected chi connectivity index (χ0v) is 13.8. The topological polar surface area (TPSA) is 45.2 Å². The number of rotatable bonds is 5. The van der Waals surface area contributed by atoms with E-state index >= 15 is 0 Å². The lowest BCUT2D eigenvalue weighted by atomic mass is 10.2. The fraction of sp³-hybridized carbons (Fsp3) is 0.294. The number of nitrogens with one attached hydrogen (secondary N) is 1. The van der Waals surface area contributed by atoms with E-state index in [1.54, 1.807) is 24.5 Å². The first-order valence-electron chi connectivity index (χ1n) is 7.32. The third-order valence-electron chi connectivity index (χ3n) is 3.55. The summed E-state index contributed by atoms with van der Waals surface area (Å²) in [4.78, 5) is 18.7. The summed E-state index contributed by atoms with van der Waals surface area (Å²) in [5.41, 5.74) is 3.17. The van der Waals surface area contributed by atoms with Crippen LogP contribution in [0.5, 0.6) is 0 Å².